The van der Waals surface area contributed by atoms with E-state index in [2.05, 4.69) is 15.9 Å². The number of hydrogen-bond donors (Lipinski definition) is 1. The average Bonchev–Trinajstić information content (AvgIpc) is 2.96. The number of imidazole rings is 1. The zero-order valence-corrected chi connectivity index (χ0v) is 11.2. The van der Waals surface area contributed by atoms with E-state index in [0.717, 1.165) is 34.5 Å². The molecular formula is C17H12N2O2. The van der Waals surface area contributed by atoms with Crippen LogP contribution in [-0.4, -0.2) is 22.9 Å². The van der Waals surface area contributed by atoms with Gasteiger partial charge in [0.2, 0.25) is 0 Å². The van der Waals surface area contributed by atoms with Gasteiger partial charge in [0.05, 0.1) is 11.0 Å². The molecule has 0 radical (unpaired) electrons. The molecule has 3 rings (SSSR count). The van der Waals surface area contributed by atoms with E-state index in [1.807, 2.05) is 30.3 Å². The van der Waals surface area contributed by atoms with E-state index >= 15 is 0 Å². The van der Waals surface area contributed by atoms with Crippen LogP contribution in [0.15, 0.2) is 42.5 Å². The van der Waals surface area contributed by atoms with Crippen LogP contribution in [0.4, 0.5) is 0 Å². The Morgan fingerprint density at radius 1 is 1.24 bits per heavy atom. The standard InChI is InChI=1S/C17H12N2O2/c1-2-9-21-14-6-4-13(5-7-14)17-18-15-8-3-12(11-20)10-16(15)19-17/h1,3-8,10-11H,9H2,(H,18,19). The van der Waals surface area contributed by atoms with Crippen molar-refractivity contribution in [2.45, 2.75) is 0 Å². The fourth-order valence-corrected chi connectivity index (χ4v) is 2.07. The second kappa shape index (κ2) is 5.51. The van der Waals surface area contributed by atoms with Gasteiger partial charge >= 0.3 is 0 Å². The fourth-order valence-electron chi connectivity index (χ4n) is 2.07. The third-order valence-corrected chi connectivity index (χ3v) is 3.09. The SMILES string of the molecule is C#CCOc1ccc(-c2nc3ccc(C=O)cc3[nH]2)cc1. The van der Waals surface area contributed by atoms with E-state index < -0.39 is 0 Å². The Labute approximate surface area is 121 Å². The molecule has 0 amide bonds. The molecule has 1 aromatic heterocycles. The molecule has 0 fully saturated rings. The molecule has 4 nitrogen and oxygen atoms in total. The first-order valence-corrected chi connectivity index (χ1v) is 6.42. The van der Waals surface area contributed by atoms with Crippen molar-refractivity contribution in [2.75, 3.05) is 6.61 Å². The minimum Gasteiger partial charge on any atom is -0.481 e. The molecule has 0 aliphatic carbocycles. The molecule has 0 atom stereocenters. The number of carbonyl (C=O) groups is 1. The molecule has 0 aliphatic heterocycles. The molecular weight excluding hydrogens is 264 g/mol. The predicted octanol–water partition coefficient (Wildman–Crippen LogP) is 3.05. The molecule has 2 aromatic carbocycles. The molecule has 1 heterocycles. The summed E-state index contributed by atoms with van der Waals surface area (Å²) < 4.78 is 5.33. The number of H-pyrrole nitrogens is 1. The Morgan fingerprint density at radius 2 is 2.05 bits per heavy atom. The Kier molecular flexibility index (Phi) is 3.40. The smallest absolute Gasteiger partial charge is 0.150 e. The molecule has 0 aliphatic rings. The van der Waals surface area contributed by atoms with Gasteiger partial charge in [-0.05, 0) is 42.5 Å². The summed E-state index contributed by atoms with van der Waals surface area (Å²) in [6, 6.07) is 12.9. The number of nitrogens with one attached hydrogen (secondary N) is 1. The molecule has 0 bridgehead atoms. The number of nitrogens with zero attached hydrogens (tertiary/aromatic N) is 1. The minimum absolute atomic E-state index is 0.248. The highest BCUT2D eigenvalue weighted by molar-refractivity contribution is 5.86. The maximum atomic E-state index is 10.8. The summed E-state index contributed by atoms with van der Waals surface area (Å²) >= 11 is 0. The number of benzene rings is 2. The van der Waals surface area contributed by atoms with Crippen LogP contribution in [-0.2, 0) is 0 Å². The van der Waals surface area contributed by atoms with Gasteiger partial charge in [0, 0.05) is 11.1 Å². The average molecular weight is 276 g/mol. The highest BCUT2D eigenvalue weighted by atomic mass is 16.5. The van der Waals surface area contributed by atoms with Crippen LogP contribution in [0.2, 0.25) is 0 Å². The number of hydrogen-bond acceptors (Lipinski definition) is 3. The van der Waals surface area contributed by atoms with Crippen molar-refractivity contribution >= 4 is 17.3 Å². The third kappa shape index (κ3) is 2.63. The van der Waals surface area contributed by atoms with Crippen molar-refractivity contribution in [1.29, 1.82) is 0 Å². The van der Waals surface area contributed by atoms with Crippen LogP contribution in [0.3, 0.4) is 0 Å². The summed E-state index contributed by atoms with van der Waals surface area (Å²) in [5, 5.41) is 0. The van der Waals surface area contributed by atoms with E-state index in [4.69, 9.17) is 11.2 Å². The van der Waals surface area contributed by atoms with Gasteiger partial charge in [0.25, 0.3) is 0 Å². The first kappa shape index (κ1) is 12.9. The summed E-state index contributed by atoms with van der Waals surface area (Å²) in [7, 11) is 0. The summed E-state index contributed by atoms with van der Waals surface area (Å²) in [4.78, 5) is 18.5. The van der Waals surface area contributed by atoms with Crippen LogP contribution in [0.5, 0.6) is 5.75 Å². The topological polar surface area (TPSA) is 55.0 Å². The quantitative estimate of drug-likeness (QED) is 0.588. The largest absolute Gasteiger partial charge is 0.481 e. The molecule has 0 saturated heterocycles. The van der Waals surface area contributed by atoms with E-state index in [9.17, 15) is 4.79 Å². The molecule has 0 unspecified atom stereocenters. The van der Waals surface area contributed by atoms with E-state index in [1.165, 1.54) is 0 Å². The lowest BCUT2D eigenvalue weighted by Gasteiger charge is -2.02. The second-order valence-corrected chi connectivity index (χ2v) is 4.50. The number of terminal acetylenes is 1. The maximum Gasteiger partial charge on any atom is 0.150 e. The van der Waals surface area contributed by atoms with Crippen LogP contribution < -0.4 is 4.74 Å². The van der Waals surface area contributed by atoms with Crippen molar-refractivity contribution in [3.8, 4) is 29.5 Å². The zero-order valence-electron chi connectivity index (χ0n) is 11.2. The van der Waals surface area contributed by atoms with Crippen molar-refractivity contribution in [3.63, 3.8) is 0 Å². The normalized spacial score (nSPS) is 10.2. The summed E-state index contributed by atoms with van der Waals surface area (Å²) in [6.45, 7) is 0.248. The maximum absolute atomic E-state index is 10.8. The van der Waals surface area contributed by atoms with Gasteiger partial charge in [-0.1, -0.05) is 5.92 Å². The van der Waals surface area contributed by atoms with Crippen LogP contribution in [0.25, 0.3) is 22.4 Å². The van der Waals surface area contributed by atoms with Crippen molar-refractivity contribution < 1.29 is 9.53 Å². The van der Waals surface area contributed by atoms with Gasteiger partial charge in [0.15, 0.2) is 0 Å². The first-order chi connectivity index (χ1) is 10.3. The summed E-state index contributed by atoms with van der Waals surface area (Å²) in [5.74, 6) is 3.89. The molecule has 0 spiro atoms. The van der Waals surface area contributed by atoms with E-state index in [1.54, 1.807) is 12.1 Å². The van der Waals surface area contributed by atoms with Gasteiger partial charge < -0.3 is 9.72 Å². The fraction of sp³-hybridized carbons (Fsp3) is 0.0588. The number of aromatic amines is 1. The highest BCUT2D eigenvalue weighted by Gasteiger charge is 2.06. The van der Waals surface area contributed by atoms with Gasteiger partial charge in [-0.2, -0.15) is 0 Å². The first-order valence-electron chi connectivity index (χ1n) is 6.42. The molecule has 3 aromatic rings. The molecule has 1 N–H and O–H groups in total. The summed E-state index contributed by atoms with van der Waals surface area (Å²) in [5.41, 5.74) is 3.22. The molecule has 0 saturated carbocycles. The van der Waals surface area contributed by atoms with E-state index in [-0.39, 0.29) is 6.61 Å². The third-order valence-electron chi connectivity index (χ3n) is 3.09. The van der Waals surface area contributed by atoms with E-state index in [0.29, 0.717) is 5.56 Å². The van der Waals surface area contributed by atoms with Crippen LogP contribution in [0, 0.1) is 12.3 Å². The number of fused-ring (bicyclic) bond motifs is 1. The number of rotatable bonds is 4. The number of ether oxygens (including phenoxy) is 1. The number of carbonyl (C=O) groups excluding carboxylic acids is 1. The van der Waals surface area contributed by atoms with Crippen molar-refractivity contribution in [1.82, 2.24) is 9.97 Å². The van der Waals surface area contributed by atoms with Crippen LogP contribution in [0.1, 0.15) is 10.4 Å². The Balaban J connectivity index is 1.92. The number of aldehydes is 1. The molecule has 21 heavy (non-hydrogen) atoms. The predicted molar refractivity (Wildman–Crippen MR) is 81.2 cm³/mol. The molecule has 102 valence electrons. The highest BCUT2D eigenvalue weighted by Crippen LogP contribution is 2.23. The van der Waals surface area contributed by atoms with Crippen LogP contribution >= 0.6 is 0 Å². The summed E-state index contributed by atoms with van der Waals surface area (Å²) in [6.07, 6.45) is 5.97. The lowest BCUT2D eigenvalue weighted by atomic mass is 10.2. The Morgan fingerprint density at radius 3 is 2.76 bits per heavy atom. The lowest BCUT2D eigenvalue weighted by Crippen LogP contribution is -1.92. The zero-order chi connectivity index (χ0) is 14.7. The Bertz CT molecular complexity index is 826. The van der Waals surface area contributed by atoms with Gasteiger partial charge in [0.1, 0.15) is 24.5 Å². The van der Waals surface area contributed by atoms with Gasteiger partial charge in [-0.25, -0.2) is 4.98 Å². The monoisotopic (exact) mass is 276 g/mol. The Hall–Kier alpha value is -3.06. The van der Waals surface area contributed by atoms with Crippen molar-refractivity contribution in [3.05, 3.63) is 48.0 Å². The second-order valence-electron chi connectivity index (χ2n) is 4.50. The lowest BCUT2D eigenvalue weighted by molar-refractivity contribution is 0.112. The van der Waals surface area contributed by atoms with Gasteiger partial charge in [-0.3, -0.25) is 4.79 Å². The van der Waals surface area contributed by atoms with Crippen molar-refractivity contribution in [2.24, 2.45) is 0 Å². The minimum atomic E-state index is 0.248. The number of aromatic nitrogens is 2. The van der Waals surface area contributed by atoms with Gasteiger partial charge in [-0.15, -0.1) is 6.42 Å². The molecule has 4 heteroatoms.